The predicted octanol–water partition coefficient (Wildman–Crippen LogP) is 3.81. The van der Waals surface area contributed by atoms with E-state index in [0.29, 0.717) is 11.3 Å². The second-order valence-electron chi connectivity index (χ2n) is 4.28. The van der Waals surface area contributed by atoms with Gasteiger partial charge in [-0.2, -0.15) is 0 Å². The molecule has 6 heteroatoms. The first-order valence-corrected chi connectivity index (χ1v) is 6.12. The average molecular weight is 295 g/mol. The molecule has 0 amide bonds. The minimum Gasteiger partial charge on any atom is -0.478 e. The summed E-state index contributed by atoms with van der Waals surface area (Å²) in [6.45, 7) is 1.68. The Balaban J connectivity index is 2.47. The minimum absolute atomic E-state index is 0.0417. The number of rotatable bonds is 3. The van der Waals surface area contributed by atoms with Gasteiger partial charge in [0.2, 0.25) is 0 Å². The Kier molecular flexibility index (Phi) is 3.81. The molecule has 104 valence electrons. The molecule has 4 N–H and O–H groups in total. The summed E-state index contributed by atoms with van der Waals surface area (Å²) in [5.74, 6) is -1.67. The molecule has 0 atom stereocenters. The number of halogens is 2. The van der Waals surface area contributed by atoms with Gasteiger partial charge < -0.3 is 16.2 Å². The number of benzene rings is 2. The van der Waals surface area contributed by atoms with E-state index in [4.69, 9.17) is 22.4 Å². The van der Waals surface area contributed by atoms with Crippen molar-refractivity contribution < 1.29 is 14.3 Å². The van der Waals surface area contributed by atoms with Gasteiger partial charge in [-0.3, -0.25) is 0 Å². The van der Waals surface area contributed by atoms with Crippen molar-refractivity contribution in [1.29, 1.82) is 0 Å². The topological polar surface area (TPSA) is 75.3 Å². The standard InChI is InChI=1S/C14H12ClFN2O2/c1-7-5-8(6-9(12(7)17)14(19)20)18-13-10(15)3-2-4-11(13)16/h2-6,18H,17H2,1H3,(H,19,20). The van der Waals surface area contributed by atoms with Gasteiger partial charge >= 0.3 is 5.97 Å². The lowest BCUT2D eigenvalue weighted by atomic mass is 10.1. The Bertz CT molecular complexity index is 669. The first-order valence-electron chi connectivity index (χ1n) is 5.74. The van der Waals surface area contributed by atoms with Crippen molar-refractivity contribution >= 4 is 34.6 Å². The molecule has 0 aliphatic rings. The van der Waals surface area contributed by atoms with Crippen molar-refractivity contribution in [3.8, 4) is 0 Å². The molecule has 2 aromatic carbocycles. The van der Waals surface area contributed by atoms with Crippen LogP contribution in [0.2, 0.25) is 5.02 Å². The third-order valence-corrected chi connectivity index (χ3v) is 3.16. The number of nitrogens with two attached hydrogens (primary N) is 1. The number of carboxylic acid groups (broad SMARTS) is 1. The predicted molar refractivity (Wildman–Crippen MR) is 77.2 cm³/mol. The largest absolute Gasteiger partial charge is 0.478 e. The summed E-state index contributed by atoms with van der Waals surface area (Å²) < 4.78 is 13.7. The maximum absolute atomic E-state index is 13.7. The highest BCUT2D eigenvalue weighted by atomic mass is 35.5. The quantitative estimate of drug-likeness (QED) is 0.752. The molecule has 0 aliphatic heterocycles. The average Bonchev–Trinajstić information content (AvgIpc) is 2.37. The van der Waals surface area contributed by atoms with Crippen LogP contribution in [0.1, 0.15) is 15.9 Å². The van der Waals surface area contributed by atoms with E-state index in [1.807, 2.05) is 0 Å². The van der Waals surface area contributed by atoms with E-state index in [1.165, 1.54) is 24.3 Å². The van der Waals surface area contributed by atoms with E-state index in [0.717, 1.165) is 0 Å². The summed E-state index contributed by atoms with van der Waals surface area (Å²) in [5, 5.41) is 12.1. The fourth-order valence-electron chi connectivity index (χ4n) is 1.81. The highest BCUT2D eigenvalue weighted by Crippen LogP contribution is 2.30. The third kappa shape index (κ3) is 2.67. The van der Waals surface area contributed by atoms with E-state index < -0.39 is 11.8 Å². The first-order chi connectivity index (χ1) is 9.40. The zero-order valence-electron chi connectivity index (χ0n) is 10.6. The molecule has 0 aliphatic carbocycles. The van der Waals surface area contributed by atoms with Gasteiger partial charge in [0.25, 0.3) is 0 Å². The van der Waals surface area contributed by atoms with Crippen LogP contribution in [0.4, 0.5) is 21.5 Å². The first kappa shape index (κ1) is 14.1. The van der Waals surface area contributed by atoms with Gasteiger partial charge in [-0.25, -0.2) is 9.18 Å². The normalized spacial score (nSPS) is 10.3. The molecule has 20 heavy (non-hydrogen) atoms. The molecule has 0 radical (unpaired) electrons. The molecule has 4 nitrogen and oxygen atoms in total. The van der Waals surface area contributed by atoms with E-state index in [2.05, 4.69) is 5.32 Å². The summed E-state index contributed by atoms with van der Waals surface area (Å²) in [4.78, 5) is 11.1. The summed E-state index contributed by atoms with van der Waals surface area (Å²) in [6, 6.07) is 7.25. The number of nitrogen functional groups attached to an aromatic ring is 1. The van der Waals surface area contributed by atoms with Gasteiger partial charge in [0, 0.05) is 11.4 Å². The Labute approximate surface area is 120 Å². The SMILES string of the molecule is Cc1cc(Nc2c(F)cccc2Cl)cc(C(=O)O)c1N. The number of aryl methyl sites for hydroxylation is 1. The molecule has 2 aromatic rings. The Morgan fingerprint density at radius 2 is 2.10 bits per heavy atom. The van der Waals surface area contributed by atoms with Crippen LogP contribution in [0.3, 0.4) is 0 Å². The molecular weight excluding hydrogens is 283 g/mol. The summed E-state index contributed by atoms with van der Waals surface area (Å²) >= 11 is 5.91. The van der Waals surface area contributed by atoms with Gasteiger partial charge in [0.1, 0.15) is 5.82 Å². The van der Waals surface area contributed by atoms with Crippen molar-refractivity contribution in [3.63, 3.8) is 0 Å². The van der Waals surface area contributed by atoms with Gasteiger partial charge in [-0.15, -0.1) is 0 Å². The molecule has 0 saturated heterocycles. The molecule has 0 aromatic heterocycles. The fraction of sp³-hybridized carbons (Fsp3) is 0.0714. The highest BCUT2D eigenvalue weighted by molar-refractivity contribution is 6.33. The fourth-order valence-corrected chi connectivity index (χ4v) is 2.02. The van der Waals surface area contributed by atoms with Crippen LogP contribution >= 0.6 is 11.6 Å². The van der Waals surface area contributed by atoms with Gasteiger partial charge in [0.05, 0.1) is 16.3 Å². The van der Waals surface area contributed by atoms with E-state index >= 15 is 0 Å². The number of hydrogen-bond donors (Lipinski definition) is 3. The van der Waals surface area contributed by atoms with Crippen molar-refractivity contribution in [2.45, 2.75) is 6.92 Å². The van der Waals surface area contributed by atoms with Crippen LogP contribution in [-0.2, 0) is 0 Å². The monoisotopic (exact) mass is 294 g/mol. The van der Waals surface area contributed by atoms with Gasteiger partial charge in [-0.05, 0) is 36.8 Å². The van der Waals surface area contributed by atoms with Crippen molar-refractivity contribution in [2.75, 3.05) is 11.1 Å². The lowest BCUT2D eigenvalue weighted by molar-refractivity contribution is 0.0698. The number of anilines is 3. The second kappa shape index (κ2) is 5.38. The maximum atomic E-state index is 13.7. The van der Waals surface area contributed by atoms with Crippen LogP contribution in [0.25, 0.3) is 0 Å². The minimum atomic E-state index is -1.14. The zero-order valence-corrected chi connectivity index (χ0v) is 11.3. The van der Waals surface area contributed by atoms with Crippen LogP contribution in [0.5, 0.6) is 0 Å². The smallest absolute Gasteiger partial charge is 0.337 e. The van der Waals surface area contributed by atoms with Crippen LogP contribution in [-0.4, -0.2) is 11.1 Å². The van der Waals surface area contributed by atoms with E-state index in [-0.39, 0.29) is 22.0 Å². The van der Waals surface area contributed by atoms with Gasteiger partial charge in [0.15, 0.2) is 0 Å². The van der Waals surface area contributed by atoms with E-state index in [9.17, 15) is 9.18 Å². The van der Waals surface area contributed by atoms with Crippen molar-refractivity contribution in [3.05, 3.63) is 52.3 Å². The zero-order chi connectivity index (χ0) is 14.9. The van der Waals surface area contributed by atoms with Crippen LogP contribution in [0.15, 0.2) is 30.3 Å². The maximum Gasteiger partial charge on any atom is 0.337 e. The van der Waals surface area contributed by atoms with Crippen molar-refractivity contribution in [1.82, 2.24) is 0 Å². The molecule has 2 rings (SSSR count). The van der Waals surface area contributed by atoms with E-state index in [1.54, 1.807) is 13.0 Å². The Morgan fingerprint density at radius 3 is 2.70 bits per heavy atom. The number of carboxylic acids is 1. The molecule has 0 spiro atoms. The van der Waals surface area contributed by atoms with Gasteiger partial charge in [-0.1, -0.05) is 17.7 Å². The summed E-state index contributed by atoms with van der Waals surface area (Å²) in [5.41, 5.74) is 6.92. The number of hydrogen-bond acceptors (Lipinski definition) is 3. The van der Waals surface area contributed by atoms with Crippen molar-refractivity contribution in [2.24, 2.45) is 0 Å². The molecule has 0 heterocycles. The lowest BCUT2D eigenvalue weighted by Gasteiger charge is -2.13. The number of nitrogens with one attached hydrogen (secondary N) is 1. The number of aromatic carboxylic acids is 1. The second-order valence-corrected chi connectivity index (χ2v) is 4.69. The molecular formula is C14H12ClFN2O2. The van der Waals surface area contributed by atoms with Crippen LogP contribution in [0, 0.1) is 12.7 Å². The Morgan fingerprint density at radius 1 is 1.40 bits per heavy atom. The summed E-state index contributed by atoms with van der Waals surface area (Å²) in [7, 11) is 0. The number of para-hydroxylation sites is 1. The Hall–Kier alpha value is -2.27. The highest BCUT2D eigenvalue weighted by Gasteiger charge is 2.13. The molecule has 0 fully saturated rings. The lowest BCUT2D eigenvalue weighted by Crippen LogP contribution is -2.06. The number of carbonyl (C=O) groups is 1. The summed E-state index contributed by atoms with van der Waals surface area (Å²) in [6.07, 6.45) is 0. The van der Waals surface area contributed by atoms with Crippen LogP contribution < -0.4 is 11.1 Å². The molecule has 0 bridgehead atoms. The molecule has 0 saturated carbocycles. The molecule has 0 unspecified atom stereocenters. The third-order valence-electron chi connectivity index (χ3n) is 2.85.